The third kappa shape index (κ3) is 3.28. The smallest absolute Gasteiger partial charge is 0.255 e. The molecule has 0 aromatic heterocycles. The molecule has 0 saturated carbocycles. The largest absolute Gasteiger partial charge is 0.322 e. The highest BCUT2D eigenvalue weighted by molar-refractivity contribution is 14.1. The van der Waals surface area contributed by atoms with E-state index in [0.29, 0.717) is 5.56 Å². The fourth-order valence-corrected chi connectivity index (χ4v) is 2.03. The second-order valence-corrected chi connectivity index (χ2v) is 5.21. The molecule has 19 heavy (non-hydrogen) atoms. The number of hydrogen-bond donors (Lipinski definition) is 1. The van der Waals surface area contributed by atoms with E-state index in [-0.39, 0.29) is 11.6 Å². The molecular weight excluding hydrogens is 363 g/mol. The molecule has 0 heterocycles. The van der Waals surface area contributed by atoms with Crippen molar-refractivity contribution in [1.82, 2.24) is 0 Å². The van der Waals surface area contributed by atoms with Gasteiger partial charge in [-0.1, -0.05) is 6.07 Å². The molecule has 2 rings (SSSR count). The van der Waals surface area contributed by atoms with Crippen LogP contribution in [0.2, 0.25) is 0 Å². The first-order valence-corrected chi connectivity index (χ1v) is 6.58. The summed E-state index contributed by atoms with van der Waals surface area (Å²) in [5.74, 6) is -2.29. The van der Waals surface area contributed by atoms with E-state index in [1.54, 1.807) is 12.1 Å². The lowest BCUT2D eigenvalue weighted by molar-refractivity contribution is 0.102. The van der Waals surface area contributed by atoms with Crippen molar-refractivity contribution in [3.05, 3.63) is 62.7 Å². The van der Waals surface area contributed by atoms with Gasteiger partial charge >= 0.3 is 0 Å². The zero-order valence-electron chi connectivity index (χ0n) is 10.0. The minimum Gasteiger partial charge on any atom is -0.322 e. The summed E-state index contributed by atoms with van der Waals surface area (Å²) in [7, 11) is 0. The molecule has 0 aliphatic rings. The number of carbonyl (C=O) groups excluding carboxylic acids is 1. The zero-order valence-corrected chi connectivity index (χ0v) is 12.2. The summed E-state index contributed by atoms with van der Waals surface area (Å²) in [5, 5.41) is 2.52. The average molecular weight is 373 g/mol. The lowest BCUT2D eigenvalue weighted by Gasteiger charge is -2.07. The van der Waals surface area contributed by atoms with E-state index in [1.807, 2.05) is 13.0 Å². The topological polar surface area (TPSA) is 29.1 Å². The first-order chi connectivity index (χ1) is 8.97. The third-order valence-corrected chi connectivity index (χ3v) is 3.77. The van der Waals surface area contributed by atoms with Gasteiger partial charge in [-0.25, -0.2) is 8.78 Å². The first-order valence-electron chi connectivity index (χ1n) is 5.50. The maximum absolute atomic E-state index is 13.0. The predicted octanol–water partition coefficient (Wildman–Crippen LogP) is 4.13. The highest BCUT2D eigenvalue weighted by Gasteiger charge is 2.09. The van der Waals surface area contributed by atoms with Crippen molar-refractivity contribution in [1.29, 1.82) is 0 Å². The zero-order chi connectivity index (χ0) is 14.0. The summed E-state index contributed by atoms with van der Waals surface area (Å²) in [6.07, 6.45) is 0. The van der Waals surface area contributed by atoms with E-state index in [0.717, 1.165) is 21.3 Å². The molecule has 5 heteroatoms. The maximum Gasteiger partial charge on any atom is 0.255 e. The van der Waals surface area contributed by atoms with Crippen LogP contribution in [0.4, 0.5) is 14.5 Å². The number of aryl methyl sites for hydroxylation is 1. The molecule has 0 aliphatic carbocycles. The Hall–Kier alpha value is -1.50. The fraction of sp³-hybridized carbons (Fsp3) is 0.0714. The van der Waals surface area contributed by atoms with Crippen LogP contribution in [0.3, 0.4) is 0 Å². The molecular formula is C14H10F2INO. The highest BCUT2D eigenvalue weighted by atomic mass is 127. The average Bonchev–Trinajstić information content (AvgIpc) is 2.37. The van der Waals surface area contributed by atoms with E-state index in [9.17, 15) is 13.6 Å². The number of benzene rings is 2. The monoisotopic (exact) mass is 373 g/mol. The Bertz CT molecular complexity index is 643. The van der Waals surface area contributed by atoms with Crippen molar-refractivity contribution < 1.29 is 13.6 Å². The molecule has 0 bridgehead atoms. The van der Waals surface area contributed by atoms with Gasteiger partial charge < -0.3 is 5.32 Å². The molecule has 1 N–H and O–H groups in total. The van der Waals surface area contributed by atoms with Crippen molar-refractivity contribution in [2.75, 3.05) is 5.32 Å². The molecule has 0 radical (unpaired) electrons. The Kier molecular flexibility index (Phi) is 4.14. The molecule has 0 saturated heterocycles. The van der Waals surface area contributed by atoms with E-state index >= 15 is 0 Å². The molecule has 2 aromatic carbocycles. The van der Waals surface area contributed by atoms with Gasteiger partial charge in [0.05, 0.1) is 0 Å². The van der Waals surface area contributed by atoms with Gasteiger partial charge in [-0.15, -0.1) is 0 Å². The molecule has 2 nitrogen and oxygen atoms in total. The van der Waals surface area contributed by atoms with Crippen LogP contribution >= 0.6 is 22.6 Å². The second-order valence-electron chi connectivity index (χ2n) is 4.05. The van der Waals surface area contributed by atoms with Gasteiger partial charge in [0.25, 0.3) is 5.91 Å². The number of nitrogens with one attached hydrogen (secondary N) is 1. The molecule has 0 aliphatic heterocycles. The standard InChI is InChI=1S/C14H10F2INO/c1-8-2-3-9(6-13(8)17)14(19)18-10-4-5-11(15)12(16)7-10/h2-7H,1H3,(H,18,19). The molecule has 0 spiro atoms. The van der Waals surface area contributed by atoms with Crippen LogP contribution in [0.5, 0.6) is 0 Å². The third-order valence-electron chi connectivity index (χ3n) is 2.61. The van der Waals surface area contributed by atoms with E-state index in [4.69, 9.17) is 0 Å². The summed E-state index contributed by atoms with van der Waals surface area (Å²) in [4.78, 5) is 11.9. The van der Waals surface area contributed by atoms with Crippen molar-refractivity contribution in [2.24, 2.45) is 0 Å². The van der Waals surface area contributed by atoms with Gasteiger partial charge in [-0.3, -0.25) is 4.79 Å². The molecule has 1 amide bonds. The molecule has 2 aromatic rings. The summed E-state index contributed by atoms with van der Waals surface area (Å²) in [6.45, 7) is 1.94. The molecule has 0 fully saturated rings. The van der Waals surface area contributed by atoms with Crippen LogP contribution in [-0.4, -0.2) is 5.91 Å². The predicted molar refractivity (Wildman–Crippen MR) is 78.2 cm³/mol. The van der Waals surface area contributed by atoms with Crippen LogP contribution in [-0.2, 0) is 0 Å². The van der Waals surface area contributed by atoms with E-state index < -0.39 is 11.6 Å². The maximum atomic E-state index is 13.0. The summed E-state index contributed by atoms with van der Waals surface area (Å²) < 4.78 is 26.8. The number of amides is 1. The van der Waals surface area contributed by atoms with Crippen molar-refractivity contribution in [2.45, 2.75) is 6.92 Å². The molecule has 98 valence electrons. The SMILES string of the molecule is Cc1ccc(C(=O)Nc2ccc(F)c(F)c2)cc1I. The Morgan fingerprint density at radius 1 is 1.11 bits per heavy atom. The van der Waals surface area contributed by atoms with Crippen LogP contribution in [0.1, 0.15) is 15.9 Å². The second kappa shape index (κ2) is 5.64. The summed E-state index contributed by atoms with van der Waals surface area (Å²) in [5.41, 5.74) is 1.77. The number of rotatable bonds is 2. The Morgan fingerprint density at radius 2 is 1.84 bits per heavy atom. The van der Waals surface area contributed by atoms with Gasteiger partial charge in [-0.2, -0.15) is 0 Å². The Morgan fingerprint density at radius 3 is 2.47 bits per heavy atom. The van der Waals surface area contributed by atoms with Gasteiger partial charge in [0, 0.05) is 20.9 Å². The number of hydrogen-bond acceptors (Lipinski definition) is 1. The van der Waals surface area contributed by atoms with Crippen LogP contribution < -0.4 is 5.32 Å². The minimum atomic E-state index is -0.990. The lowest BCUT2D eigenvalue weighted by Crippen LogP contribution is -2.12. The van der Waals surface area contributed by atoms with Gasteiger partial charge in [-0.05, 0) is 59.3 Å². The number of carbonyl (C=O) groups is 1. The molecule has 0 atom stereocenters. The number of anilines is 1. The van der Waals surface area contributed by atoms with Crippen LogP contribution in [0, 0.1) is 22.1 Å². The van der Waals surface area contributed by atoms with Gasteiger partial charge in [0.1, 0.15) is 0 Å². The van der Waals surface area contributed by atoms with Gasteiger partial charge in [0.2, 0.25) is 0 Å². The van der Waals surface area contributed by atoms with Crippen molar-refractivity contribution in [3.63, 3.8) is 0 Å². The quantitative estimate of drug-likeness (QED) is 0.789. The first kappa shape index (κ1) is 13.9. The molecule has 0 unspecified atom stereocenters. The van der Waals surface area contributed by atoms with Crippen molar-refractivity contribution in [3.8, 4) is 0 Å². The highest BCUT2D eigenvalue weighted by Crippen LogP contribution is 2.17. The summed E-state index contributed by atoms with van der Waals surface area (Å²) in [6, 6.07) is 8.51. The lowest BCUT2D eigenvalue weighted by atomic mass is 10.1. The van der Waals surface area contributed by atoms with Crippen LogP contribution in [0.25, 0.3) is 0 Å². The van der Waals surface area contributed by atoms with Gasteiger partial charge in [0.15, 0.2) is 11.6 Å². The van der Waals surface area contributed by atoms with E-state index in [2.05, 4.69) is 27.9 Å². The Labute approximate surface area is 123 Å². The summed E-state index contributed by atoms with van der Waals surface area (Å²) >= 11 is 2.13. The van der Waals surface area contributed by atoms with E-state index in [1.165, 1.54) is 6.07 Å². The normalized spacial score (nSPS) is 10.3. The van der Waals surface area contributed by atoms with Crippen molar-refractivity contribution >= 4 is 34.2 Å². The fourth-order valence-electron chi connectivity index (χ4n) is 1.51. The minimum absolute atomic E-state index is 0.222. The number of halogens is 3. The van der Waals surface area contributed by atoms with Crippen LogP contribution in [0.15, 0.2) is 36.4 Å². The Balaban J connectivity index is 2.20.